The Kier molecular flexibility index (Phi) is 2.10. The highest BCUT2D eigenvalue weighted by Crippen LogP contribution is 2.14. The first kappa shape index (κ1) is 8.01. The van der Waals surface area contributed by atoms with Gasteiger partial charge in [-0.25, -0.2) is 0 Å². The van der Waals surface area contributed by atoms with Gasteiger partial charge in [0.2, 0.25) is 0 Å². The third-order valence-corrected chi connectivity index (χ3v) is 1.72. The Morgan fingerprint density at radius 3 is 2.82 bits per heavy atom. The molecule has 60 valence electrons. The molecule has 3 heteroatoms. The highest BCUT2D eigenvalue weighted by molar-refractivity contribution is 5.74. The van der Waals surface area contributed by atoms with Crippen molar-refractivity contribution in [2.24, 2.45) is 11.7 Å². The van der Waals surface area contributed by atoms with E-state index in [4.69, 9.17) is 10.8 Å². The summed E-state index contributed by atoms with van der Waals surface area (Å²) in [5, 5.41) is 8.63. The molecule has 0 fully saturated rings. The van der Waals surface area contributed by atoms with Gasteiger partial charge in [-0.15, -0.1) is 0 Å². The van der Waals surface area contributed by atoms with Crippen LogP contribution in [0.1, 0.15) is 6.92 Å². The van der Waals surface area contributed by atoms with Gasteiger partial charge in [0.05, 0.1) is 5.92 Å². The van der Waals surface area contributed by atoms with Crippen LogP contribution in [0.15, 0.2) is 23.8 Å². The van der Waals surface area contributed by atoms with Crippen LogP contribution >= 0.6 is 0 Å². The lowest BCUT2D eigenvalue weighted by molar-refractivity contribution is -0.140. The molecule has 2 unspecified atom stereocenters. The molecule has 0 saturated carbocycles. The van der Waals surface area contributed by atoms with E-state index in [9.17, 15) is 4.79 Å². The van der Waals surface area contributed by atoms with E-state index in [2.05, 4.69) is 0 Å². The summed E-state index contributed by atoms with van der Waals surface area (Å²) in [7, 11) is 0. The summed E-state index contributed by atoms with van der Waals surface area (Å²) in [5.41, 5.74) is 6.59. The van der Waals surface area contributed by atoms with Gasteiger partial charge < -0.3 is 10.8 Å². The van der Waals surface area contributed by atoms with Crippen LogP contribution < -0.4 is 5.73 Å². The second-order valence-corrected chi connectivity index (χ2v) is 2.71. The van der Waals surface area contributed by atoms with Crippen molar-refractivity contribution in [2.45, 2.75) is 13.0 Å². The summed E-state index contributed by atoms with van der Waals surface area (Å²) in [6.07, 6.45) is 5.17. The minimum Gasteiger partial charge on any atom is -0.481 e. The van der Waals surface area contributed by atoms with Crippen molar-refractivity contribution in [3.8, 4) is 0 Å². The number of rotatable bonds is 1. The maximum Gasteiger partial charge on any atom is 0.312 e. The minimum atomic E-state index is -0.863. The lowest BCUT2D eigenvalue weighted by Crippen LogP contribution is -2.34. The van der Waals surface area contributed by atoms with Gasteiger partial charge in [-0.1, -0.05) is 23.8 Å². The lowest BCUT2D eigenvalue weighted by atomic mass is 9.93. The first-order valence-electron chi connectivity index (χ1n) is 3.46. The van der Waals surface area contributed by atoms with Crippen LogP contribution in [-0.2, 0) is 4.79 Å². The molecule has 0 radical (unpaired) electrons. The fourth-order valence-corrected chi connectivity index (χ4v) is 1.09. The van der Waals surface area contributed by atoms with Gasteiger partial charge in [0, 0.05) is 6.04 Å². The van der Waals surface area contributed by atoms with Crippen LogP contribution in [0.2, 0.25) is 0 Å². The molecule has 0 aromatic heterocycles. The SMILES string of the molecule is CC1=CC(N)C(C(=O)O)C=C1. The summed E-state index contributed by atoms with van der Waals surface area (Å²) in [5.74, 6) is -1.42. The molecule has 1 aliphatic carbocycles. The number of aliphatic carboxylic acids is 1. The van der Waals surface area contributed by atoms with Crippen LogP contribution in [0, 0.1) is 5.92 Å². The largest absolute Gasteiger partial charge is 0.481 e. The Morgan fingerprint density at radius 2 is 2.36 bits per heavy atom. The number of carboxylic acids is 1. The summed E-state index contributed by atoms with van der Waals surface area (Å²) >= 11 is 0. The predicted molar refractivity (Wildman–Crippen MR) is 42.0 cm³/mol. The number of allylic oxidation sites excluding steroid dienone is 2. The molecule has 0 amide bonds. The maximum absolute atomic E-state index is 10.5. The van der Waals surface area contributed by atoms with Gasteiger partial charge >= 0.3 is 5.97 Å². The quantitative estimate of drug-likeness (QED) is 0.577. The van der Waals surface area contributed by atoms with E-state index in [1.165, 1.54) is 0 Å². The van der Waals surface area contributed by atoms with Gasteiger partial charge in [-0.3, -0.25) is 4.79 Å². The summed E-state index contributed by atoms with van der Waals surface area (Å²) in [4.78, 5) is 10.5. The van der Waals surface area contributed by atoms with Crippen molar-refractivity contribution in [1.82, 2.24) is 0 Å². The molecule has 3 nitrogen and oxygen atoms in total. The van der Waals surface area contributed by atoms with E-state index in [1.807, 2.05) is 6.92 Å². The van der Waals surface area contributed by atoms with Gasteiger partial charge in [-0.05, 0) is 6.92 Å². The normalized spacial score (nSPS) is 29.8. The molecule has 2 atom stereocenters. The molecule has 0 aliphatic heterocycles. The van der Waals surface area contributed by atoms with Crippen molar-refractivity contribution >= 4 is 5.97 Å². The van der Waals surface area contributed by atoms with E-state index in [0.29, 0.717) is 0 Å². The zero-order chi connectivity index (χ0) is 8.43. The zero-order valence-corrected chi connectivity index (χ0v) is 6.32. The lowest BCUT2D eigenvalue weighted by Gasteiger charge is -2.17. The molecule has 0 spiro atoms. The van der Waals surface area contributed by atoms with Gasteiger partial charge in [0.1, 0.15) is 0 Å². The molecule has 0 aromatic carbocycles. The monoisotopic (exact) mass is 153 g/mol. The molecule has 11 heavy (non-hydrogen) atoms. The molecule has 0 aromatic rings. The van der Waals surface area contributed by atoms with E-state index < -0.39 is 11.9 Å². The zero-order valence-electron chi connectivity index (χ0n) is 6.32. The molecular weight excluding hydrogens is 142 g/mol. The van der Waals surface area contributed by atoms with Gasteiger partial charge in [0.15, 0.2) is 0 Å². The first-order chi connectivity index (χ1) is 5.11. The van der Waals surface area contributed by atoms with Crippen LogP contribution in [-0.4, -0.2) is 17.1 Å². The summed E-state index contributed by atoms with van der Waals surface area (Å²) in [6.45, 7) is 1.90. The first-order valence-corrected chi connectivity index (χ1v) is 3.46. The van der Waals surface area contributed by atoms with Crippen LogP contribution in [0.4, 0.5) is 0 Å². The predicted octanol–water partition coefficient (Wildman–Crippen LogP) is 0.531. The Labute approximate surface area is 65.2 Å². The number of hydrogen-bond donors (Lipinski definition) is 2. The minimum absolute atomic E-state index is 0.377. The molecule has 3 N–H and O–H groups in total. The Morgan fingerprint density at radius 1 is 1.73 bits per heavy atom. The molecular formula is C8H11NO2. The topological polar surface area (TPSA) is 63.3 Å². The van der Waals surface area contributed by atoms with Crippen LogP contribution in [0.5, 0.6) is 0 Å². The van der Waals surface area contributed by atoms with Crippen molar-refractivity contribution < 1.29 is 9.90 Å². The summed E-state index contributed by atoms with van der Waals surface area (Å²) in [6, 6.07) is -0.377. The van der Waals surface area contributed by atoms with Crippen molar-refractivity contribution in [2.75, 3.05) is 0 Å². The fourth-order valence-electron chi connectivity index (χ4n) is 1.09. The summed E-state index contributed by atoms with van der Waals surface area (Å²) < 4.78 is 0. The molecule has 1 rings (SSSR count). The third kappa shape index (κ3) is 1.68. The highest BCUT2D eigenvalue weighted by atomic mass is 16.4. The average molecular weight is 153 g/mol. The number of nitrogens with two attached hydrogens (primary N) is 1. The van der Waals surface area contributed by atoms with E-state index in [-0.39, 0.29) is 6.04 Å². The highest BCUT2D eigenvalue weighted by Gasteiger charge is 2.22. The van der Waals surface area contributed by atoms with Gasteiger partial charge in [-0.2, -0.15) is 0 Å². The third-order valence-electron chi connectivity index (χ3n) is 1.72. The van der Waals surface area contributed by atoms with Crippen molar-refractivity contribution in [3.63, 3.8) is 0 Å². The van der Waals surface area contributed by atoms with Crippen LogP contribution in [0.25, 0.3) is 0 Å². The standard InChI is InChI=1S/C8H11NO2/c1-5-2-3-6(8(10)11)7(9)4-5/h2-4,6-7H,9H2,1H3,(H,10,11). The number of carbonyl (C=O) groups is 1. The van der Waals surface area contributed by atoms with Crippen molar-refractivity contribution in [1.29, 1.82) is 0 Å². The number of carboxylic acid groups (broad SMARTS) is 1. The smallest absolute Gasteiger partial charge is 0.312 e. The van der Waals surface area contributed by atoms with Crippen LogP contribution in [0.3, 0.4) is 0 Å². The molecule has 0 bridgehead atoms. The second-order valence-electron chi connectivity index (χ2n) is 2.71. The molecule has 0 saturated heterocycles. The Hall–Kier alpha value is -1.09. The van der Waals surface area contributed by atoms with Crippen molar-refractivity contribution in [3.05, 3.63) is 23.8 Å². The van der Waals surface area contributed by atoms with Gasteiger partial charge in [0.25, 0.3) is 0 Å². The Balaban J connectivity index is 2.77. The molecule has 1 aliphatic rings. The maximum atomic E-state index is 10.5. The Bertz CT molecular complexity index is 230. The van der Waals surface area contributed by atoms with E-state index in [1.54, 1.807) is 18.2 Å². The second kappa shape index (κ2) is 2.88. The van der Waals surface area contributed by atoms with E-state index >= 15 is 0 Å². The average Bonchev–Trinajstić information content (AvgIpc) is 1.85. The van der Waals surface area contributed by atoms with E-state index in [0.717, 1.165) is 5.57 Å². The number of hydrogen-bond acceptors (Lipinski definition) is 2. The fraction of sp³-hybridized carbons (Fsp3) is 0.375. The molecule has 0 heterocycles.